The molecule has 20 heavy (non-hydrogen) atoms. The van der Waals surface area contributed by atoms with Crippen LogP contribution < -0.4 is 15.5 Å². The highest BCUT2D eigenvalue weighted by molar-refractivity contribution is 5.94. The maximum atomic E-state index is 11.9. The van der Waals surface area contributed by atoms with Gasteiger partial charge in [-0.1, -0.05) is 19.1 Å². The first kappa shape index (κ1) is 16.0. The molecular weight excluding hydrogens is 260 g/mol. The van der Waals surface area contributed by atoms with Crippen molar-refractivity contribution in [3.05, 3.63) is 39.8 Å². The molecule has 1 amide bonds. The number of carbonyl (C=O) groups is 1. The molecule has 1 aromatic heterocycles. The lowest BCUT2D eigenvalue weighted by Gasteiger charge is -2.14. The first-order valence-electron chi connectivity index (χ1n) is 6.32. The zero-order valence-corrected chi connectivity index (χ0v) is 11.9. The maximum Gasteiger partial charge on any atom is 0.271 e. The van der Waals surface area contributed by atoms with Gasteiger partial charge < -0.3 is 20.1 Å². The first-order valence-corrected chi connectivity index (χ1v) is 6.32. The Morgan fingerprint density at radius 3 is 2.75 bits per heavy atom. The molecule has 6 nitrogen and oxygen atoms in total. The lowest BCUT2D eigenvalue weighted by molar-refractivity contribution is 0.0953. The maximum absolute atomic E-state index is 11.9. The molecule has 0 bridgehead atoms. The van der Waals surface area contributed by atoms with Crippen molar-refractivity contribution in [2.45, 2.75) is 25.9 Å². The number of aromatic amines is 1. The van der Waals surface area contributed by atoms with Crippen LogP contribution in [0, 0.1) is 0 Å². The Balaban J connectivity index is 3.23. The molecule has 1 atom stereocenters. The summed E-state index contributed by atoms with van der Waals surface area (Å²) in [5, 5.41) is 12.5. The number of carbonyl (C=O) groups excluding carboxylic acids is 1. The number of aliphatic hydroxyl groups is 1. The summed E-state index contributed by atoms with van der Waals surface area (Å²) in [5.41, 5.74) is 0.666. The molecule has 0 fully saturated rings. The van der Waals surface area contributed by atoms with Gasteiger partial charge in [-0.2, -0.15) is 0 Å². The van der Waals surface area contributed by atoms with E-state index in [1.54, 1.807) is 0 Å². The van der Waals surface area contributed by atoms with Gasteiger partial charge in [0.1, 0.15) is 0 Å². The normalized spacial score (nSPS) is 11.8. The van der Waals surface area contributed by atoms with Crippen LogP contribution in [0.5, 0.6) is 5.75 Å². The van der Waals surface area contributed by atoms with Crippen molar-refractivity contribution in [2.24, 2.45) is 0 Å². The number of nitrogens with one attached hydrogen (secondary N) is 2. The molecule has 1 heterocycles. The molecule has 0 saturated carbocycles. The van der Waals surface area contributed by atoms with Gasteiger partial charge in [0.25, 0.3) is 5.91 Å². The molecule has 1 unspecified atom stereocenters. The third-order valence-corrected chi connectivity index (χ3v) is 3.01. The number of aliphatic hydroxyl groups excluding tert-OH is 1. The summed E-state index contributed by atoms with van der Waals surface area (Å²) in [4.78, 5) is 26.4. The van der Waals surface area contributed by atoms with E-state index in [9.17, 15) is 14.7 Å². The molecule has 1 rings (SSSR count). The van der Waals surface area contributed by atoms with Gasteiger partial charge in [-0.25, -0.2) is 0 Å². The van der Waals surface area contributed by atoms with E-state index in [2.05, 4.69) is 16.9 Å². The highest BCUT2D eigenvalue weighted by atomic mass is 16.5. The number of hydrogen-bond donors (Lipinski definition) is 3. The summed E-state index contributed by atoms with van der Waals surface area (Å²) in [6.07, 6.45) is 0.149. The van der Waals surface area contributed by atoms with E-state index in [0.717, 1.165) is 12.0 Å². The molecule has 110 valence electrons. The number of ether oxygens (including phenoxy) is 1. The average molecular weight is 280 g/mol. The quantitative estimate of drug-likeness (QED) is 0.681. The predicted molar refractivity (Wildman–Crippen MR) is 76.0 cm³/mol. The number of H-pyrrole nitrogens is 1. The molecule has 0 aliphatic carbocycles. The summed E-state index contributed by atoms with van der Waals surface area (Å²) in [5.74, 6) is -0.558. The predicted octanol–water partition coefficient (Wildman–Crippen LogP) is 1.13. The standard InChI is InChI=1S/C14H20N2O4/c1-5-8(2)6-10(17)9-7-11(18)13(20-4)12(16-9)14(19)15-3/h7,10,17H,2,5-6H2,1,3-4H3,(H,15,19)(H,16,18). The second-order valence-electron chi connectivity index (χ2n) is 4.40. The minimum atomic E-state index is -0.913. The highest BCUT2D eigenvalue weighted by Crippen LogP contribution is 2.21. The van der Waals surface area contributed by atoms with Crippen LogP contribution in [0.15, 0.2) is 23.0 Å². The van der Waals surface area contributed by atoms with Crippen LogP contribution in [0.25, 0.3) is 0 Å². The van der Waals surface area contributed by atoms with Crippen molar-refractivity contribution in [1.82, 2.24) is 10.3 Å². The molecule has 3 N–H and O–H groups in total. The second-order valence-corrected chi connectivity index (χ2v) is 4.40. The SMILES string of the molecule is C=C(CC)CC(O)c1cc(=O)c(OC)c(C(=O)NC)[nH]1. The second kappa shape index (κ2) is 6.91. The Morgan fingerprint density at radius 2 is 2.25 bits per heavy atom. The van der Waals surface area contributed by atoms with Crippen LogP contribution in [0.3, 0.4) is 0 Å². The first-order chi connectivity index (χ1) is 9.44. The third-order valence-electron chi connectivity index (χ3n) is 3.01. The van der Waals surface area contributed by atoms with Crippen LogP contribution in [-0.4, -0.2) is 30.2 Å². The molecule has 0 spiro atoms. The lowest BCUT2D eigenvalue weighted by atomic mass is 10.0. The van der Waals surface area contributed by atoms with Crippen LogP contribution in [0.4, 0.5) is 0 Å². The summed E-state index contributed by atoms with van der Waals surface area (Å²) >= 11 is 0. The van der Waals surface area contributed by atoms with Crippen molar-refractivity contribution in [1.29, 1.82) is 0 Å². The van der Waals surface area contributed by atoms with Crippen LogP contribution in [-0.2, 0) is 0 Å². The van der Waals surface area contributed by atoms with Crippen molar-refractivity contribution in [2.75, 3.05) is 14.2 Å². The number of hydrogen-bond acceptors (Lipinski definition) is 4. The number of amides is 1. The zero-order valence-electron chi connectivity index (χ0n) is 11.9. The fourth-order valence-electron chi connectivity index (χ4n) is 1.76. The molecule has 0 radical (unpaired) electrons. The van der Waals surface area contributed by atoms with Crippen LogP contribution >= 0.6 is 0 Å². The number of rotatable bonds is 6. The largest absolute Gasteiger partial charge is 0.491 e. The van der Waals surface area contributed by atoms with Crippen molar-refractivity contribution in [3.63, 3.8) is 0 Å². The Morgan fingerprint density at radius 1 is 1.60 bits per heavy atom. The van der Waals surface area contributed by atoms with E-state index in [-0.39, 0.29) is 17.1 Å². The van der Waals surface area contributed by atoms with E-state index in [4.69, 9.17) is 4.74 Å². The summed E-state index contributed by atoms with van der Waals surface area (Å²) in [6, 6.07) is 1.24. The van der Waals surface area contributed by atoms with E-state index < -0.39 is 17.4 Å². The fourth-order valence-corrected chi connectivity index (χ4v) is 1.76. The third kappa shape index (κ3) is 3.48. The number of aromatic nitrogens is 1. The van der Waals surface area contributed by atoms with Crippen molar-refractivity contribution < 1.29 is 14.6 Å². The zero-order chi connectivity index (χ0) is 15.3. The Labute approximate surface area is 117 Å². The van der Waals surface area contributed by atoms with Gasteiger partial charge in [0.05, 0.1) is 13.2 Å². The van der Waals surface area contributed by atoms with Gasteiger partial charge in [-0.15, -0.1) is 0 Å². The van der Waals surface area contributed by atoms with Crippen molar-refractivity contribution in [3.8, 4) is 5.75 Å². The van der Waals surface area contributed by atoms with Gasteiger partial charge in [0.15, 0.2) is 11.4 Å². The summed E-state index contributed by atoms with van der Waals surface area (Å²) in [7, 11) is 2.76. The Bertz CT molecular complexity index is 563. The van der Waals surface area contributed by atoms with Gasteiger partial charge in [-0.3, -0.25) is 9.59 Å². The van der Waals surface area contributed by atoms with Gasteiger partial charge in [0.2, 0.25) is 5.43 Å². The van der Waals surface area contributed by atoms with Gasteiger partial charge in [0, 0.05) is 18.8 Å². The Kier molecular flexibility index (Phi) is 5.52. The van der Waals surface area contributed by atoms with Crippen molar-refractivity contribution >= 4 is 5.91 Å². The number of pyridine rings is 1. The molecule has 0 aromatic carbocycles. The monoisotopic (exact) mass is 280 g/mol. The van der Waals surface area contributed by atoms with E-state index in [1.807, 2.05) is 6.92 Å². The van der Waals surface area contributed by atoms with E-state index in [0.29, 0.717) is 6.42 Å². The summed E-state index contributed by atoms with van der Waals surface area (Å²) in [6.45, 7) is 5.74. The molecule has 0 aliphatic heterocycles. The highest BCUT2D eigenvalue weighted by Gasteiger charge is 2.19. The van der Waals surface area contributed by atoms with Crippen LogP contribution in [0.1, 0.15) is 42.1 Å². The molecule has 0 aliphatic rings. The molecule has 1 aromatic rings. The summed E-state index contributed by atoms with van der Waals surface area (Å²) < 4.78 is 4.93. The molecule has 6 heteroatoms. The lowest BCUT2D eigenvalue weighted by Crippen LogP contribution is -2.24. The van der Waals surface area contributed by atoms with E-state index >= 15 is 0 Å². The van der Waals surface area contributed by atoms with Gasteiger partial charge >= 0.3 is 0 Å². The minimum Gasteiger partial charge on any atom is -0.491 e. The molecular formula is C14H20N2O4. The van der Waals surface area contributed by atoms with Crippen LogP contribution in [0.2, 0.25) is 0 Å². The fraction of sp³-hybridized carbons (Fsp3) is 0.429. The molecule has 0 saturated heterocycles. The smallest absolute Gasteiger partial charge is 0.271 e. The Hall–Kier alpha value is -2.08. The van der Waals surface area contributed by atoms with E-state index in [1.165, 1.54) is 20.2 Å². The minimum absolute atomic E-state index is 0.00124. The number of methoxy groups -OCH3 is 1. The topological polar surface area (TPSA) is 91.4 Å². The average Bonchev–Trinajstić information content (AvgIpc) is 2.45. The van der Waals surface area contributed by atoms with Gasteiger partial charge in [-0.05, 0) is 12.8 Å².